The van der Waals surface area contributed by atoms with Crippen LogP contribution in [0.3, 0.4) is 0 Å². The first kappa shape index (κ1) is 17.4. The summed E-state index contributed by atoms with van der Waals surface area (Å²) in [5.74, 6) is -0.261. The summed E-state index contributed by atoms with van der Waals surface area (Å²) in [6, 6.07) is 6.11. The van der Waals surface area contributed by atoms with Gasteiger partial charge in [0.05, 0.1) is 6.10 Å². The van der Waals surface area contributed by atoms with Crippen LogP contribution in [-0.2, 0) is 6.42 Å². The van der Waals surface area contributed by atoms with Gasteiger partial charge in [-0.3, -0.25) is 0 Å². The van der Waals surface area contributed by atoms with Gasteiger partial charge >= 0.3 is 6.03 Å². The molecule has 0 saturated carbocycles. The summed E-state index contributed by atoms with van der Waals surface area (Å²) in [5.41, 5.74) is 0.580. The lowest BCUT2D eigenvalue weighted by Crippen LogP contribution is -2.49. The number of nitrogens with one attached hydrogen (secondary N) is 1. The third kappa shape index (κ3) is 5.71. The Hall–Kier alpha value is -1.62. The molecule has 2 atom stereocenters. The molecule has 0 aliphatic heterocycles. The Bertz CT molecular complexity index is 463. The summed E-state index contributed by atoms with van der Waals surface area (Å²) >= 11 is 0. The van der Waals surface area contributed by atoms with Crippen LogP contribution in [0.25, 0.3) is 0 Å². The number of hydrogen-bond donors (Lipinski definition) is 2. The Balaban J connectivity index is 2.62. The van der Waals surface area contributed by atoms with Crippen LogP contribution in [0.2, 0.25) is 0 Å². The SMILES string of the molecule is CC(O)CN(C(=O)NC(C)Cc1ccccc1F)C(C)C. The number of urea groups is 1. The first-order valence-corrected chi connectivity index (χ1v) is 7.29. The molecule has 0 heterocycles. The highest BCUT2D eigenvalue weighted by atomic mass is 19.1. The number of amides is 2. The monoisotopic (exact) mass is 296 g/mol. The molecule has 0 aliphatic carbocycles. The summed E-state index contributed by atoms with van der Waals surface area (Å²) in [4.78, 5) is 13.8. The molecule has 1 aromatic carbocycles. The molecule has 0 radical (unpaired) electrons. The molecule has 2 N–H and O–H groups in total. The average molecular weight is 296 g/mol. The van der Waals surface area contributed by atoms with Crippen LogP contribution >= 0.6 is 0 Å². The molecule has 0 spiro atoms. The van der Waals surface area contributed by atoms with Crippen LogP contribution in [-0.4, -0.2) is 40.8 Å². The summed E-state index contributed by atoms with van der Waals surface area (Å²) in [7, 11) is 0. The van der Waals surface area contributed by atoms with E-state index in [-0.39, 0.29) is 30.5 Å². The predicted octanol–water partition coefficient (Wildman–Crippen LogP) is 2.56. The average Bonchev–Trinajstić information content (AvgIpc) is 2.38. The Morgan fingerprint density at radius 2 is 1.90 bits per heavy atom. The molecule has 0 aromatic heterocycles. The second-order valence-corrected chi connectivity index (χ2v) is 5.74. The van der Waals surface area contributed by atoms with Crippen molar-refractivity contribution < 1.29 is 14.3 Å². The molecule has 4 nitrogen and oxygen atoms in total. The molecule has 0 fully saturated rings. The van der Waals surface area contributed by atoms with Crippen LogP contribution in [0, 0.1) is 5.82 Å². The number of nitrogens with zero attached hydrogens (tertiary/aromatic N) is 1. The minimum absolute atomic E-state index is 0.0136. The van der Waals surface area contributed by atoms with Gasteiger partial charge in [0.1, 0.15) is 5.82 Å². The molecule has 0 saturated heterocycles. The van der Waals surface area contributed by atoms with E-state index >= 15 is 0 Å². The van der Waals surface area contributed by atoms with Gasteiger partial charge in [-0.1, -0.05) is 18.2 Å². The predicted molar refractivity (Wildman–Crippen MR) is 81.6 cm³/mol. The van der Waals surface area contributed by atoms with Gasteiger partial charge in [-0.15, -0.1) is 0 Å². The zero-order chi connectivity index (χ0) is 16.0. The molecule has 0 aliphatic rings. The number of rotatable bonds is 6. The van der Waals surface area contributed by atoms with Crippen LogP contribution in [0.1, 0.15) is 33.3 Å². The lowest BCUT2D eigenvalue weighted by atomic mass is 10.1. The smallest absolute Gasteiger partial charge is 0.317 e. The molecule has 5 heteroatoms. The molecule has 1 rings (SSSR count). The maximum absolute atomic E-state index is 13.6. The van der Waals surface area contributed by atoms with E-state index in [9.17, 15) is 14.3 Å². The Morgan fingerprint density at radius 1 is 1.29 bits per heavy atom. The number of halogens is 1. The van der Waals surface area contributed by atoms with E-state index in [2.05, 4.69) is 5.32 Å². The maximum Gasteiger partial charge on any atom is 0.317 e. The second-order valence-electron chi connectivity index (χ2n) is 5.74. The van der Waals surface area contributed by atoms with Gasteiger partial charge in [0.25, 0.3) is 0 Å². The summed E-state index contributed by atoms with van der Waals surface area (Å²) in [6.45, 7) is 7.54. The molecule has 2 unspecified atom stereocenters. The van der Waals surface area contributed by atoms with Crippen molar-refractivity contribution in [1.82, 2.24) is 10.2 Å². The van der Waals surface area contributed by atoms with Gasteiger partial charge in [-0.05, 0) is 45.7 Å². The van der Waals surface area contributed by atoms with Crippen molar-refractivity contribution in [2.24, 2.45) is 0 Å². The maximum atomic E-state index is 13.6. The van der Waals surface area contributed by atoms with E-state index in [1.54, 1.807) is 30.0 Å². The van der Waals surface area contributed by atoms with Crippen molar-refractivity contribution in [3.63, 3.8) is 0 Å². The largest absolute Gasteiger partial charge is 0.392 e. The van der Waals surface area contributed by atoms with E-state index in [1.807, 2.05) is 20.8 Å². The van der Waals surface area contributed by atoms with E-state index in [4.69, 9.17) is 0 Å². The number of hydrogen-bond acceptors (Lipinski definition) is 2. The van der Waals surface area contributed by atoms with Gasteiger partial charge in [-0.25, -0.2) is 9.18 Å². The fourth-order valence-corrected chi connectivity index (χ4v) is 2.15. The molecule has 21 heavy (non-hydrogen) atoms. The van der Waals surface area contributed by atoms with Gasteiger partial charge in [0.2, 0.25) is 0 Å². The summed E-state index contributed by atoms with van der Waals surface area (Å²) < 4.78 is 13.6. The minimum atomic E-state index is -0.583. The number of aliphatic hydroxyl groups is 1. The minimum Gasteiger partial charge on any atom is -0.392 e. The van der Waals surface area contributed by atoms with E-state index in [0.29, 0.717) is 12.0 Å². The zero-order valence-corrected chi connectivity index (χ0v) is 13.1. The highest BCUT2D eigenvalue weighted by Gasteiger charge is 2.20. The van der Waals surface area contributed by atoms with Crippen LogP contribution in [0.15, 0.2) is 24.3 Å². The van der Waals surface area contributed by atoms with Crippen molar-refractivity contribution in [2.75, 3.05) is 6.54 Å². The van der Waals surface area contributed by atoms with Crippen molar-refractivity contribution in [3.8, 4) is 0 Å². The Morgan fingerprint density at radius 3 is 2.43 bits per heavy atom. The Labute approximate surface area is 126 Å². The van der Waals surface area contributed by atoms with Crippen LogP contribution in [0.4, 0.5) is 9.18 Å². The standard InChI is InChI=1S/C16H25FN2O2/c1-11(2)19(10-13(4)20)16(21)18-12(3)9-14-7-5-6-8-15(14)17/h5-8,11-13,20H,9-10H2,1-4H3,(H,18,21). The summed E-state index contributed by atoms with van der Waals surface area (Å²) in [5, 5.41) is 12.3. The highest BCUT2D eigenvalue weighted by molar-refractivity contribution is 5.74. The number of carbonyl (C=O) groups excluding carboxylic acids is 1. The van der Waals surface area contributed by atoms with Gasteiger partial charge in [0.15, 0.2) is 0 Å². The Kier molecular flexibility index (Phi) is 6.62. The van der Waals surface area contributed by atoms with E-state index < -0.39 is 6.10 Å². The van der Waals surface area contributed by atoms with Crippen molar-refractivity contribution >= 4 is 6.03 Å². The molecular weight excluding hydrogens is 271 g/mol. The normalized spacial score (nSPS) is 13.9. The molecular formula is C16H25FN2O2. The first-order valence-electron chi connectivity index (χ1n) is 7.29. The molecule has 1 aromatic rings. The van der Waals surface area contributed by atoms with Crippen molar-refractivity contribution in [1.29, 1.82) is 0 Å². The van der Waals surface area contributed by atoms with Crippen LogP contribution in [0.5, 0.6) is 0 Å². The van der Waals surface area contributed by atoms with E-state index in [1.165, 1.54) is 6.07 Å². The second kappa shape index (κ2) is 7.98. The number of carbonyl (C=O) groups is 1. The van der Waals surface area contributed by atoms with Gasteiger partial charge < -0.3 is 15.3 Å². The zero-order valence-electron chi connectivity index (χ0n) is 13.1. The van der Waals surface area contributed by atoms with E-state index in [0.717, 1.165) is 0 Å². The third-order valence-corrected chi connectivity index (χ3v) is 3.20. The highest BCUT2D eigenvalue weighted by Crippen LogP contribution is 2.10. The lowest BCUT2D eigenvalue weighted by Gasteiger charge is -2.29. The summed E-state index contributed by atoms with van der Waals surface area (Å²) in [6.07, 6.45) is -0.154. The number of benzene rings is 1. The third-order valence-electron chi connectivity index (χ3n) is 3.20. The lowest BCUT2D eigenvalue weighted by molar-refractivity contribution is 0.117. The molecule has 118 valence electrons. The molecule has 0 bridgehead atoms. The topological polar surface area (TPSA) is 52.6 Å². The first-order chi connectivity index (χ1) is 9.81. The molecule has 2 amide bonds. The number of aliphatic hydroxyl groups excluding tert-OH is 1. The quantitative estimate of drug-likeness (QED) is 0.847. The van der Waals surface area contributed by atoms with Crippen LogP contribution < -0.4 is 5.32 Å². The van der Waals surface area contributed by atoms with Gasteiger partial charge in [0, 0.05) is 18.6 Å². The van der Waals surface area contributed by atoms with Crippen molar-refractivity contribution in [3.05, 3.63) is 35.6 Å². The fraction of sp³-hybridized carbons (Fsp3) is 0.562. The fourth-order valence-electron chi connectivity index (χ4n) is 2.15. The van der Waals surface area contributed by atoms with Crippen molar-refractivity contribution in [2.45, 2.75) is 52.3 Å². The van der Waals surface area contributed by atoms with Gasteiger partial charge in [-0.2, -0.15) is 0 Å².